The zero-order chi connectivity index (χ0) is 41.4. The van der Waals surface area contributed by atoms with Crippen LogP contribution in [0.2, 0.25) is 0 Å². The average molecular weight is 817 g/mol. The van der Waals surface area contributed by atoms with Crippen LogP contribution in [0, 0.1) is 23.3 Å². The van der Waals surface area contributed by atoms with Crippen molar-refractivity contribution in [3.05, 3.63) is 130 Å². The fourth-order valence-corrected chi connectivity index (χ4v) is 8.90. The summed E-state index contributed by atoms with van der Waals surface area (Å²) in [4.78, 5) is 40.5. The molecule has 4 aromatic rings. The number of Topliss-reactive ketones (excluding diaryl/α,β-unsaturated/α-hetero) is 2. The third-order valence-electron chi connectivity index (χ3n) is 9.11. The number of guanidine groups is 2. The van der Waals surface area contributed by atoms with Gasteiger partial charge < -0.3 is 11.5 Å². The first kappa shape index (κ1) is 41.4. The Morgan fingerprint density at radius 1 is 0.643 bits per heavy atom. The van der Waals surface area contributed by atoms with Gasteiger partial charge in [0.25, 0.3) is 0 Å². The smallest absolute Gasteiger partial charge is 0.239 e. The van der Waals surface area contributed by atoms with E-state index >= 15 is 0 Å². The van der Waals surface area contributed by atoms with Gasteiger partial charge in [0.2, 0.25) is 32.0 Å². The molecule has 0 saturated carbocycles. The topological polar surface area (TPSA) is 211 Å². The van der Waals surface area contributed by atoms with E-state index in [0.29, 0.717) is 11.1 Å². The Morgan fingerprint density at radius 2 is 1.00 bits per heavy atom. The number of pyridine rings is 2. The van der Waals surface area contributed by atoms with E-state index < -0.39 is 65.9 Å². The van der Waals surface area contributed by atoms with Crippen molar-refractivity contribution in [1.29, 1.82) is 0 Å². The van der Waals surface area contributed by atoms with Crippen molar-refractivity contribution in [3.8, 4) is 0 Å². The molecule has 20 heteroatoms. The van der Waals surface area contributed by atoms with E-state index in [-0.39, 0.29) is 58.8 Å². The van der Waals surface area contributed by atoms with Crippen molar-refractivity contribution >= 4 is 43.5 Å². The number of nitrogens with zero attached hydrogens (tertiary/aromatic N) is 6. The quantitative estimate of drug-likeness (QED) is 0.196. The van der Waals surface area contributed by atoms with Gasteiger partial charge in [-0.3, -0.25) is 19.6 Å². The number of hydrogen-bond donors (Lipinski definition) is 2. The van der Waals surface area contributed by atoms with Crippen LogP contribution >= 0.6 is 0 Å². The highest BCUT2D eigenvalue weighted by Crippen LogP contribution is 2.35. The first-order chi connectivity index (χ1) is 26.0. The molecule has 0 radical (unpaired) electrons. The van der Waals surface area contributed by atoms with Gasteiger partial charge in [-0.05, 0) is 73.5 Å². The van der Waals surface area contributed by atoms with Gasteiger partial charge in [0.15, 0.2) is 11.6 Å². The predicted molar refractivity (Wildman–Crippen MR) is 198 cm³/mol. The summed E-state index contributed by atoms with van der Waals surface area (Å²) in [5, 5.41) is 0. The largest absolute Gasteiger partial charge is 0.369 e. The normalized spacial score (nSPS) is 21.3. The highest BCUT2D eigenvalue weighted by molar-refractivity contribution is 7.90. The molecule has 296 valence electrons. The fraction of sp³-hybridized carbons (Fsp3) is 0.278. The van der Waals surface area contributed by atoms with Crippen LogP contribution in [0.4, 0.5) is 17.6 Å². The van der Waals surface area contributed by atoms with Gasteiger partial charge in [-0.15, -0.1) is 0 Å². The lowest BCUT2D eigenvalue weighted by molar-refractivity contribution is 0.0980. The van der Waals surface area contributed by atoms with Crippen molar-refractivity contribution < 1.29 is 44.0 Å². The minimum Gasteiger partial charge on any atom is -0.369 e. The van der Waals surface area contributed by atoms with Crippen LogP contribution in [0.5, 0.6) is 0 Å². The molecule has 0 fully saturated rings. The van der Waals surface area contributed by atoms with E-state index in [2.05, 4.69) is 20.0 Å². The highest BCUT2D eigenvalue weighted by atomic mass is 32.2. The van der Waals surface area contributed by atoms with Gasteiger partial charge in [-0.25, -0.2) is 53.0 Å². The summed E-state index contributed by atoms with van der Waals surface area (Å²) >= 11 is 0. The summed E-state index contributed by atoms with van der Waals surface area (Å²) in [6.07, 6.45) is 1.64. The number of sulfonamides is 2. The zero-order valence-corrected chi connectivity index (χ0v) is 32.0. The monoisotopic (exact) mass is 816 g/mol. The Balaban J connectivity index is 0.000000214. The first-order valence-electron chi connectivity index (χ1n) is 16.5. The highest BCUT2D eigenvalue weighted by Gasteiger charge is 2.43. The zero-order valence-electron chi connectivity index (χ0n) is 30.4. The molecule has 0 unspecified atom stereocenters. The minimum absolute atomic E-state index is 0.0180. The summed E-state index contributed by atoms with van der Waals surface area (Å²) in [6.45, 7) is 2.94. The molecule has 4 N–H and O–H groups in total. The molecule has 0 bridgehead atoms. The summed E-state index contributed by atoms with van der Waals surface area (Å²) in [6, 6.07) is 12.7. The molecule has 2 atom stereocenters. The Kier molecular flexibility index (Phi) is 11.4. The molecule has 6 rings (SSSR count). The molecule has 2 aromatic carbocycles. The molecule has 2 aromatic heterocycles. The predicted octanol–water partition coefficient (Wildman–Crippen LogP) is 3.18. The molecule has 0 spiro atoms. The van der Waals surface area contributed by atoms with Crippen molar-refractivity contribution in [1.82, 2.24) is 18.6 Å². The van der Waals surface area contributed by atoms with Gasteiger partial charge in [0, 0.05) is 38.1 Å². The number of aromatic nitrogens is 2. The SMILES string of the molecule is CN1C(N)=N[C@](C)(c2cc(CC(=O)c3ccc(F)cn3)ccc2F)CS1(=O)=O.CN1C(N)=N[C@](C)(c2cc(CC(=O)c3ccc(F)cn3)ccc2F)CS1(=O)=O. The van der Waals surface area contributed by atoms with E-state index in [1.54, 1.807) is 0 Å². The van der Waals surface area contributed by atoms with E-state index in [0.717, 1.165) is 45.3 Å². The number of carbonyl (C=O) groups excluding carboxylic acids is 2. The second kappa shape index (κ2) is 15.4. The van der Waals surface area contributed by atoms with Crippen LogP contribution < -0.4 is 11.5 Å². The lowest BCUT2D eigenvalue weighted by Crippen LogP contribution is -2.50. The second-order valence-electron chi connectivity index (χ2n) is 13.5. The van der Waals surface area contributed by atoms with Crippen molar-refractivity contribution in [2.24, 2.45) is 21.5 Å². The molecule has 0 amide bonds. The summed E-state index contributed by atoms with van der Waals surface area (Å²) in [5.41, 5.74) is 9.60. The van der Waals surface area contributed by atoms with Crippen LogP contribution in [-0.4, -0.2) is 84.5 Å². The fourth-order valence-electron chi connectivity index (χ4n) is 6.00. The number of benzene rings is 2. The van der Waals surface area contributed by atoms with Gasteiger partial charge >= 0.3 is 0 Å². The lowest BCUT2D eigenvalue weighted by atomic mass is 9.91. The van der Waals surface area contributed by atoms with E-state index in [9.17, 15) is 44.0 Å². The van der Waals surface area contributed by atoms with Gasteiger partial charge in [0.05, 0.1) is 23.9 Å². The number of ketones is 2. The molecule has 0 saturated heterocycles. The van der Waals surface area contributed by atoms with E-state index in [1.807, 2.05) is 0 Å². The molecule has 56 heavy (non-hydrogen) atoms. The standard InChI is InChI=1S/2C18H18F2N4O3S/c2*1-18(10-28(26,27)24(2)17(21)23-18)13-7-11(3-5-14(13)20)8-16(25)15-6-4-12(19)9-22-15/h2*3-7,9H,8,10H2,1-2H3,(H2,21,23)/t2*18-/m00/s1. The van der Waals surface area contributed by atoms with Crippen LogP contribution in [0.25, 0.3) is 0 Å². The van der Waals surface area contributed by atoms with Crippen LogP contribution in [0.15, 0.2) is 83.0 Å². The molecule has 0 aliphatic carbocycles. The lowest BCUT2D eigenvalue weighted by Gasteiger charge is -2.34. The number of rotatable bonds is 8. The Morgan fingerprint density at radius 3 is 1.30 bits per heavy atom. The molecule has 4 heterocycles. The molecular weight excluding hydrogens is 781 g/mol. The summed E-state index contributed by atoms with van der Waals surface area (Å²) in [7, 11) is -4.99. The number of carbonyl (C=O) groups is 2. The van der Waals surface area contributed by atoms with Gasteiger partial charge in [-0.1, -0.05) is 12.1 Å². The third-order valence-corrected chi connectivity index (χ3v) is 13.0. The maximum atomic E-state index is 14.5. The van der Waals surface area contributed by atoms with Crippen LogP contribution in [-0.2, 0) is 44.0 Å². The third kappa shape index (κ3) is 8.86. The van der Waals surface area contributed by atoms with E-state index in [4.69, 9.17) is 11.5 Å². The average Bonchev–Trinajstić information content (AvgIpc) is 3.11. The number of aliphatic imine (C=N–C) groups is 2. The number of halogens is 4. The molecular formula is C36H36F4N8O6S2. The Bertz CT molecular complexity index is 2310. The first-order valence-corrected chi connectivity index (χ1v) is 19.8. The Hall–Kier alpha value is -5.76. The minimum atomic E-state index is -3.77. The van der Waals surface area contributed by atoms with Crippen molar-refractivity contribution in [2.45, 2.75) is 37.8 Å². The van der Waals surface area contributed by atoms with Crippen LogP contribution in [0.3, 0.4) is 0 Å². The maximum absolute atomic E-state index is 14.5. The van der Waals surface area contributed by atoms with Crippen molar-refractivity contribution in [2.75, 3.05) is 25.6 Å². The maximum Gasteiger partial charge on any atom is 0.239 e. The van der Waals surface area contributed by atoms with Crippen molar-refractivity contribution in [3.63, 3.8) is 0 Å². The van der Waals surface area contributed by atoms with E-state index in [1.165, 1.54) is 64.3 Å². The molecule has 14 nitrogen and oxygen atoms in total. The number of nitrogens with two attached hydrogens (primary N) is 2. The van der Waals surface area contributed by atoms with Crippen LogP contribution in [0.1, 0.15) is 57.1 Å². The number of hydrogen-bond acceptors (Lipinski definition) is 12. The summed E-state index contributed by atoms with van der Waals surface area (Å²) in [5.74, 6) is -4.64. The van der Waals surface area contributed by atoms with Gasteiger partial charge in [-0.2, -0.15) is 0 Å². The summed E-state index contributed by atoms with van der Waals surface area (Å²) < 4.78 is 106. The molecule has 2 aliphatic rings. The second-order valence-corrected chi connectivity index (χ2v) is 17.5. The van der Waals surface area contributed by atoms with Gasteiger partial charge in [0.1, 0.15) is 45.7 Å². The molecule has 2 aliphatic heterocycles. The Labute approximate surface area is 320 Å².